The topological polar surface area (TPSA) is 78.0 Å². The number of rotatable bonds is 3. The standard InChI is InChI=1S/C9H9N3O2/c13-8(14)5-12-9-7-1-2-10-3-6(7)4-11-9/h1-4,11-12H,5H2,(H,13,14). The predicted octanol–water partition coefficient (Wildman–Crippen LogP) is 1.06. The van der Waals surface area contributed by atoms with Crippen molar-refractivity contribution in [1.29, 1.82) is 0 Å². The average molecular weight is 191 g/mol. The third kappa shape index (κ3) is 1.52. The molecule has 0 aliphatic carbocycles. The van der Waals surface area contributed by atoms with E-state index in [4.69, 9.17) is 5.11 Å². The highest BCUT2D eigenvalue weighted by Gasteiger charge is 2.03. The zero-order chi connectivity index (χ0) is 9.97. The Hall–Kier alpha value is -2.04. The molecule has 0 saturated heterocycles. The van der Waals surface area contributed by atoms with Crippen molar-refractivity contribution in [2.24, 2.45) is 0 Å². The molecule has 0 amide bonds. The van der Waals surface area contributed by atoms with Gasteiger partial charge in [0.25, 0.3) is 0 Å². The van der Waals surface area contributed by atoms with Crippen molar-refractivity contribution in [2.75, 3.05) is 11.9 Å². The number of carboxylic acid groups (broad SMARTS) is 1. The van der Waals surface area contributed by atoms with Gasteiger partial charge in [0.1, 0.15) is 12.4 Å². The quantitative estimate of drug-likeness (QED) is 0.677. The van der Waals surface area contributed by atoms with Crippen LogP contribution in [0, 0.1) is 0 Å². The molecule has 0 bridgehead atoms. The van der Waals surface area contributed by atoms with Crippen LogP contribution < -0.4 is 5.32 Å². The lowest BCUT2D eigenvalue weighted by atomic mass is 10.3. The van der Waals surface area contributed by atoms with Gasteiger partial charge in [-0.15, -0.1) is 0 Å². The van der Waals surface area contributed by atoms with E-state index in [-0.39, 0.29) is 6.54 Å². The van der Waals surface area contributed by atoms with E-state index in [1.54, 1.807) is 18.6 Å². The van der Waals surface area contributed by atoms with Crippen LogP contribution in [-0.4, -0.2) is 27.6 Å². The van der Waals surface area contributed by atoms with Crippen molar-refractivity contribution < 1.29 is 9.90 Å². The molecule has 2 aromatic rings. The highest BCUT2D eigenvalue weighted by molar-refractivity contribution is 5.93. The average Bonchev–Trinajstić information content (AvgIpc) is 2.58. The minimum absolute atomic E-state index is 0.0993. The molecule has 2 aromatic heterocycles. The summed E-state index contributed by atoms with van der Waals surface area (Å²) in [7, 11) is 0. The number of carbonyl (C=O) groups is 1. The molecule has 0 aliphatic rings. The van der Waals surface area contributed by atoms with Crippen molar-refractivity contribution in [3.63, 3.8) is 0 Å². The number of nitrogens with one attached hydrogen (secondary N) is 2. The number of aliphatic carboxylic acids is 1. The second kappa shape index (κ2) is 3.37. The van der Waals surface area contributed by atoms with Crippen LogP contribution >= 0.6 is 0 Å². The maximum Gasteiger partial charge on any atom is 0.322 e. The van der Waals surface area contributed by atoms with E-state index in [2.05, 4.69) is 15.3 Å². The minimum Gasteiger partial charge on any atom is -0.480 e. The van der Waals surface area contributed by atoms with Crippen molar-refractivity contribution in [1.82, 2.24) is 9.97 Å². The van der Waals surface area contributed by atoms with Crippen LogP contribution in [0.5, 0.6) is 0 Å². The molecule has 3 N–H and O–H groups in total. The molecule has 72 valence electrons. The smallest absolute Gasteiger partial charge is 0.322 e. The van der Waals surface area contributed by atoms with Crippen LogP contribution in [0.15, 0.2) is 24.7 Å². The van der Waals surface area contributed by atoms with Gasteiger partial charge in [0.2, 0.25) is 0 Å². The van der Waals surface area contributed by atoms with Crippen LogP contribution in [-0.2, 0) is 4.79 Å². The van der Waals surface area contributed by atoms with E-state index in [1.165, 1.54) is 0 Å². The number of pyridine rings is 1. The lowest BCUT2D eigenvalue weighted by Gasteiger charge is -1.99. The van der Waals surface area contributed by atoms with Gasteiger partial charge in [0, 0.05) is 29.4 Å². The number of H-pyrrole nitrogens is 1. The fourth-order valence-corrected chi connectivity index (χ4v) is 1.29. The van der Waals surface area contributed by atoms with Gasteiger partial charge in [0.05, 0.1) is 0 Å². The van der Waals surface area contributed by atoms with Crippen LogP contribution in [0.2, 0.25) is 0 Å². The van der Waals surface area contributed by atoms with Gasteiger partial charge in [0.15, 0.2) is 0 Å². The number of hydrogen-bond acceptors (Lipinski definition) is 3. The lowest BCUT2D eigenvalue weighted by Crippen LogP contribution is -2.12. The van der Waals surface area contributed by atoms with Crippen LogP contribution in [0.3, 0.4) is 0 Å². The largest absolute Gasteiger partial charge is 0.480 e. The Bertz CT molecular complexity index is 464. The van der Waals surface area contributed by atoms with Crippen molar-refractivity contribution in [2.45, 2.75) is 0 Å². The van der Waals surface area contributed by atoms with Crippen LogP contribution in [0.1, 0.15) is 0 Å². The van der Waals surface area contributed by atoms with Crippen molar-refractivity contribution in [3.8, 4) is 0 Å². The number of hydrogen-bond donors (Lipinski definition) is 3. The summed E-state index contributed by atoms with van der Waals surface area (Å²) in [5.41, 5.74) is 0. The first-order valence-corrected chi connectivity index (χ1v) is 4.14. The molecule has 2 rings (SSSR count). The summed E-state index contributed by atoms with van der Waals surface area (Å²) in [5.74, 6) is -0.174. The highest BCUT2D eigenvalue weighted by Crippen LogP contribution is 2.20. The third-order valence-corrected chi connectivity index (χ3v) is 1.91. The fraction of sp³-hybridized carbons (Fsp3) is 0.111. The number of nitrogens with zero attached hydrogens (tertiary/aromatic N) is 1. The summed E-state index contributed by atoms with van der Waals surface area (Å²) in [6.07, 6.45) is 5.17. The summed E-state index contributed by atoms with van der Waals surface area (Å²) < 4.78 is 0. The number of fused-ring (bicyclic) bond motifs is 1. The summed E-state index contributed by atoms with van der Waals surface area (Å²) in [4.78, 5) is 17.3. The Morgan fingerprint density at radius 1 is 1.64 bits per heavy atom. The lowest BCUT2D eigenvalue weighted by molar-refractivity contribution is -0.134. The minimum atomic E-state index is -0.887. The Kier molecular flexibility index (Phi) is 2.06. The molecule has 5 heteroatoms. The highest BCUT2D eigenvalue weighted by atomic mass is 16.4. The Labute approximate surface area is 79.8 Å². The van der Waals surface area contributed by atoms with Gasteiger partial charge < -0.3 is 15.4 Å². The van der Waals surface area contributed by atoms with E-state index in [1.807, 2.05) is 6.07 Å². The number of aromatic amines is 1. The summed E-state index contributed by atoms with van der Waals surface area (Å²) >= 11 is 0. The zero-order valence-electron chi connectivity index (χ0n) is 7.32. The molecule has 0 saturated carbocycles. The van der Waals surface area contributed by atoms with E-state index in [9.17, 15) is 4.79 Å². The first-order chi connectivity index (χ1) is 6.77. The van der Waals surface area contributed by atoms with E-state index in [0.717, 1.165) is 10.8 Å². The van der Waals surface area contributed by atoms with Gasteiger partial charge in [-0.05, 0) is 6.07 Å². The van der Waals surface area contributed by atoms with Gasteiger partial charge in [-0.1, -0.05) is 0 Å². The molecule has 0 aliphatic heterocycles. The summed E-state index contributed by atoms with van der Waals surface area (Å²) in [6.45, 7) is -0.0993. The summed E-state index contributed by atoms with van der Waals surface area (Å²) in [6, 6.07) is 1.83. The molecule has 2 heterocycles. The number of aromatic nitrogens is 2. The zero-order valence-corrected chi connectivity index (χ0v) is 7.32. The maximum absolute atomic E-state index is 10.3. The second-order valence-electron chi connectivity index (χ2n) is 2.87. The van der Waals surface area contributed by atoms with Crippen LogP contribution in [0.25, 0.3) is 10.8 Å². The Balaban J connectivity index is 2.29. The van der Waals surface area contributed by atoms with Crippen molar-refractivity contribution in [3.05, 3.63) is 24.7 Å². The number of carboxylic acids is 1. The van der Waals surface area contributed by atoms with Gasteiger partial charge in [-0.2, -0.15) is 0 Å². The first-order valence-electron chi connectivity index (χ1n) is 4.14. The molecule has 0 fully saturated rings. The summed E-state index contributed by atoms with van der Waals surface area (Å²) in [5, 5.41) is 13.2. The first kappa shape index (κ1) is 8.55. The maximum atomic E-state index is 10.3. The van der Waals surface area contributed by atoms with E-state index >= 15 is 0 Å². The monoisotopic (exact) mass is 191 g/mol. The van der Waals surface area contributed by atoms with Crippen LogP contribution in [0.4, 0.5) is 5.82 Å². The molecule has 0 radical (unpaired) electrons. The molecule has 0 atom stereocenters. The molecule has 14 heavy (non-hydrogen) atoms. The van der Waals surface area contributed by atoms with Gasteiger partial charge in [-0.25, -0.2) is 0 Å². The van der Waals surface area contributed by atoms with Crippen molar-refractivity contribution >= 4 is 22.6 Å². The predicted molar refractivity (Wildman–Crippen MR) is 52.2 cm³/mol. The molecular weight excluding hydrogens is 182 g/mol. The van der Waals surface area contributed by atoms with Gasteiger partial charge >= 0.3 is 5.97 Å². The van der Waals surface area contributed by atoms with Gasteiger partial charge in [-0.3, -0.25) is 9.78 Å². The third-order valence-electron chi connectivity index (χ3n) is 1.91. The second-order valence-corrected chi connectivity index (χ2v) is 2.87. The Morgan fingerprint density at radius 2 is 2.50 bits per heavy atom. The molecule has 0 aromatic carbocycles. The molecule has 0 spiro atoms. The molecule has 5 nitrogen and oxygen atoms in total. The SMILES string of the molecule is O=C(O)CNc1[nH]cc2cnccc12. The molecule has 0 unspecified atom stereocenters. The Morgan fingerprint density at radius 3 is 3.29 bits per heavy atom. The number of anilines is 1. The normalized spacial score (nSPS) is 10.3. The van der Waals surface area contributed by atoms with E-state index < -0.39 is 5.97 Å². The fourth-order valence-electron chi connectivity index (χ4n) is 1.29. The van der Waals surface area contributed by atoms with E-state index in [0.29, 0.717) is 5.82 Å². The molecular formula is C9H9N3O2.